The van der Waals surface area contributed by atoms with Crippen LogP contribution in [0.2, 0.25) is 0 Å². The number of rotatable bonds is 1. The zero-order chi connectivity index (χ0) is 13.5. The predicted molar refractivity (Wildman–Crippen MR) is 64.9 cm³/mol. The van der Waals surface area contributed by atoms with E-state index >= 15 is 0 Å². The van der Waals surface area contributed by atoms with Gasteiger partial charge in [0.05, 0.1) is 17.4 Å². The minimum atomic E-state index is -4.41. The second-order valence-electron chi connectivity index (χ2n) is 4.07. The van der Waals surface area contributed by atoms with Gasteiger partial charge in [0.15, 0.2) is 0 Å². The van der Waals surface area contributed by atoms with E-state index in [-0.39, 0.29) is 0 Å². The first-order valence-electron chi connectivity index (χ1n) is 5.56. The van der Waals surface area contributed by atoms with Gasteiger partial charge in [-0.3, -0.25) is 0 Å². The van der Waals surface area contributed by atoms with Crippen LogP contribution in [0.1, 0.15) is 5.69 Å². The van der Waals surface area contributed by atoms with Gasteiger partial charge < -0.3 is 4.57 Å². The van der Waals surface area contributed by atoms with Crippen molar-refractivity contribution in [3.63, 3.8) is 0 Å². The molecule has 0 saturated carbocycles. The average Bonchev–Trinajstić information content (AvgIpc) is 2.82. The molecule has 1 aromatic carbocycles. The van der Waals surface area contributed by atoms with Crippen molar-refractivity contribution in [3.8, 4) is 5.69 Å². The molecule has 3 aromatic rings. The maximum absolute atomic E-state index is 12.4. The van der Waals surface area contributed by atoms with E-state index in [9.17, 15) is 13.2 Å². The van der Waals surface area contributed by atoms with Crippen molar-refractivity contribution in [1.29, 1.82) is 0 Å². The number of halogens is 3. The third-order valence-electron chi connectivity index (χ3n) is 2.85. The van der Waals surface area contributed by atoms with E-state index in [0.29, 0.717) is 5.69 Å². The fourth-order valence-electron chi connectivity index (χ4n) is 1.94. The van der Waals surface area contributed by atoms with E-state index in [1.165, 1.54) is 12.3 Å². The SMILES string of the molecule is FC(F)(F)c1ccc(-n2ccc3c[c]ccc32)cn1. The highest BCUT2D eigenvalue weighted by molar-refractivity contribution is 5.81. The van der Waals surface area contributed by atoms with Crippen molar-refractivity contribution in [2.45, 2.75) is 6.18 Å². The minimum absolute atomic E-state index is 0.592. The highest BCUT2D eigenvalue weighted by Crippen LogP contribution is 2.28. The Morgan fingerprint density at radius 2 is 1.95 bits per heavy atom. The van der Waals surface area contributed by atoms with E-state index in [2.05, 4.69) is 11.1 Å². The minimum Gasteiger partial charge on any atom is -0.315 e. The van der Waals surface area contributed by atoms with Crippen molar-refractivity contribution in [2.75, 3.05) is 0 Å². The van der Waals surface area contributed by atoms with Crippen molar-refractivity contribution in [2.24, 2.45) is 0 Å². The Labute approximate surface area is 107 Å². The topological polar surface area (TPSA) is 17.8 Å². The molecule has 0 N–H and O–H groups in total. The van der Waals surface area contributed by atoms with Gasteiger partial charge in [0.1, 0.15) is 5.69 Å². The van der Waals surface area contributed by atoms with Crippen LogP contribution in [0.4, 0.5) is 13.2 Å². The molecule has 0 aliphatic carbocycles. The monoisotopic (exact) mass is 261 g/mol. The van der Waals surface area contributed by atoms with E-state index in [4.69, 9.17) is 0 Å². The van der Waals surface area contributed by atoms with Crippen LogP contribution in [0.5, 0.6) is 0 Å². The van der Waals surface area contributed by atoms with Crippen molar-refractivity contribution < 1.29 is 13.2 Å². The number of alkyl halides is 3. The smallest absolute Gasteiger partial charge is 0.315 e. The van der Waals surface area contributed by atoms with Gasteiger partial charge in [-0.05, 0) is 36.4 Å². The van der Waals surface area contributed by atoms with Crippen LogP contribution in [0, 0.1) is 6.07 Å². The van der Waals surface area contributed by atoms with Crippen LogP contribution in [-0.2, 0) is 6.18 Å². The summed E-state index contributed by atoms with van der Waals surface area (Å²) in [5.74, 6) is 0. The molecule has 0 saturated heterocycles. The molecule has 0 aliphatic heterocycles. The highest BCUT2D eigenvalue weighted by atomic mass is 19.4. The van der Waals surface area contributed by atoms with Gasteiger partial charge in [-0.25, -0.2) is 4.98 Å². The molecule has 2 heterocycles. The molecule has 0 atom stereocenters. The van der Waals surface area contributed by atoms with Crippen molar-refractivity contribution in [1.82, 2.24) is 9.55 Å². The van der Waals surface area contributed by atoms with Gasteiger partial charge in [-0.1, -0.05) is 6.07 Å². The van der Waals surface area contributed by atoms with E-state index < -0.39 is 11.9 Å². The maximum atomic E-state index is 12.4. The molecule has 0 spiro atoms. The lowest BCUT2D eigenvalue weighted by Crippen LogP contribution is -2.08. The first-order valence-corrected chi connectivity index (χ1v) is 5.56. The zero-order valence-corrected chi connectivity index (χ0v) is 9.65. The summed E-state index contributed by atoms with van der Waals surface area (Å²) in [5, 5.41) is 0.974. The lowest BCUT2D eigenvalue weighted by Gasteiger charge is -2.08. The first-order chi connectivity index (χ1) is 9.05. The number of benzene rings is 1. The number of aromatic nitrogens is 2. The third-order valence-corrected chi connectivity index (χ3v) is 2.85. The summed E-state index contributed by atoms with van der Waals surface area (Å²) < 4.78 is 39.1. The molecule has 0 unspecified atom stereocenters. The van der Waals surface area contributed by atoms with Gasteiger partial charge >= 0.3 is 6.18 Å². The Morgan fingerprint density at radius 1 is 1.11 bits per heavy atom. The largest absolute Gasteiger partial charge is 0.433 e. The molecule has 2 aromatic heterocycles. The van der Waals surface area contributed by atoms with Crippen LogP contribution < -0.4 is 0 Å². The van der Waals surface area contributed by atoms with E-state index in [0.717, 1.165) is 17.0 Å². The molecule has 3 rings (SSSR count). The van der Waals surface area contributed by atoms with Gasteiger partial charge in [0.25, 0.3) is 0 Å². The normalized spacial score (nSPS) is 11.9. The van der Waals surface area contributed by atoms with Gasteiger partial charge in [-0.2, -0.15) is 13.2 Å². The molecular weight excluding hydrogens is 253 g/mol. The Kier molecular flexibility index (Phi) is 2.55. The van der Waals surface area contributed by atoms with Crippen molar-refractivity contribution >= 4 is 10.9 Å². The van der Waals surface area contributed by atoms with E-state index in [1.807, 2.05) is 18.2 Å². The van der Waals surface area contributed by atoms with Crippen molar-refractivity contribution in [3.05, 3.63) is 60.6 Å². The quantitative estimate of drug-likeness (QED) is 0.650. The molecule has 5 heteroatoms. The number of nitrogens with zero attached hydrogens (tertiary/aromatic N) is 2. The fourth-order valence-corrected chi connectivity index (χ4v) is 1.94. The summed E-state index contributed by atoms with van der Waals surface area (Å²) >= 11 is 0. The molecule has 0 fully saturated rings. The zero-order valence-electron chi connectivity index (χ0n) is 9.65. The molecule has 95 valence electrons. The summed E-state index contributed by atoms with van der Waals surface area (Å²) in [6.07, 6.45) is -1.39. The van der Waals surface area contributed by atoms with Gasteiger partial charge in [0, 0.05) is 11.6 Å². The first kappa shape index (κ1) is 11.8. The lowest BCUT2D eigenvalue weighted by molar-refractivity contribution is -0.141. The number of hydrogen-bond donors (Lipinski definition) is 0. The van der Waals surface area contributed by atoms with Crippen LogP contribution in [0.15, 0.2) is 48.8 Å². The average molecular weight is 261 g/mol. The highest BCUT2D eigenvalue weighted by Gasteiger charge is 2.32. The molecule has 0 bridgehead atoms. The van der Waals surface area contributed by atoms with Crippen LogP contribution in [0.25, 0.3) is 16.6 Å². The summed E-state index contributed by atoms with van der Waals surface area (Å²) in [6, 6.07) is 12.7. The number of hydrogen-bond acceptors (Lipinski definition) is 1. The second-order valence-corrected chi connectivity index (χ2v) is 4.07. The van der Waals surface area contributed by atoms with Crippen LogP contribution in [0.3, 0.4) is 0 Å². The van der Waals surface area contributed by atoms with Gasteiger partial charge in [-0.15, -0.1) is 0 Å². The molecule has 1 radical (unpaired) electrons. The third kappa shape index (κ3) is 2.07. The van der Waals surface area contributed by atoms with Crippen LogP contribution >= 0.6 is 0 Å². The summed E-state index contributed by atoms with van der Waals surface area (Å²) in [5.41, 5.74) is 0.607. The summed E-state index contributed by atoms with van der Waals surface area (Å²) in [6.45, 7) is 0. The summed E-state index contributed by atoms with van der Waals surface area (Å²) in [4.78, 5) is 3.46. The maximum Gasteiger partial charge on any atom is 0.433 e. The second kappa shape index (κ2) is 4.12. The Bertz CT molecular complexity index is 711. The summed E-state index contributed by atoms with van der Waals surface area (Å²) in [7, 11) is 0. The standard InChI is InChI=1S/C14H8F3N2/c15-14(16,17)13-6-5-11(9-18-13)19-8-7-10-3-1-2-4-12(10)19/h2-9H. The fraction of sp³-hybridized carbons (Fsp3) is 0.0714. The number of fused-ring (bicyclic) bond motifs is 1. The van der Waals surface area contributed by atoms with E-state index in [1.54, 1.807) is 16.8 Å². The molecular formula is C14H8F3N2. The lowest BCUT2D eigenvalue weighted by atomic mass is 10.2. The molecule has 2 nitrogen and oxygen atoms in total. The predicted octanol–water partition coefficient (Wildman–Crippen LogP) is 3.84. The molecule has 0 amide bonds. The number of pyridine rings is 1. The Balaban J connectivity index is 2.07. The molecule has 0 aliphatic rings. The molecule has 19 heavy (non-hydrogen) atoms. The Morgan fingerprint density at radius 3 is 2.63 bits per heavy atom. The van der Waals surface area contributed by atoms with Gasteiger partial charge in [0.2, 0.25) is 0 Å². The Hall–Kier alpha value is -2.30. The van der Waals surface area contributed by atoms with Crippen LogP contribution in [-0.4, -0.2) is 9.55 Å².